The van der Waals surface area contributed by atoms with Crippen molar-refractivity contribution in [3.05, 3.63) is 18.0 Å². The van der Waals surface area contributed by atoms with E-state index in [0.717, 1.165) is 19.8 Å². The summed E-state index contributed by atoms with van der Waals surface area (Å²) in [5, 5.41) is 4.44. The fraction of sp³-hybridized carbons (Fsp3) is 0.750. The van der Waals surface area contributed by atoms with Gasteiger partial charge in [-0.2, -0.15) is 5.10 Å². The molecule has 3 rings (SSSR count). The van der Waals surface area contributed by atoms with Crippen LogP contribution in [0.15, 0.2) is 12.3 Å². The monoisotopic (exact) mass is 221 g/mol. The number of ether oxygens (including phenoxy) is 1. The van der Waals surface area contributed by atoms with Crippen LogP contribution in [0.5, 0.6) is 0 Å². The summed E-state index contributed by atoms with van der Waals surface area (Å²) in [6.45, 7) is 6.34. The summed E-state index contributed by atoms with van der Waals surface area (Å²) in [5.41, 5.74) is 1.27. The second-order valence-corrected chi connectivity index (χ2v) is 4.90. The van der Waals surface area contributed by atoms with Gasteiger partial charge in [-0.05, 0) is 32.4 Å². The standard InChI is InChI=1S/C12H19N3O/c1-10-4-5-13-15(10)11-3-2-6-14(7-11)12-8-16-9-12/h4-5,11-12H,2-3,6-9H2,1H3/t11-/m0/s1. The first kappa shape index (κ1) is 10.3. The molecule has 3 heterocycles. The number of piperidine rings is 1. The van der Waals surface area contributed by atoms with Gasteiger partial charge in [0.15, 0.2) is 0 Å². The number of hydrogen-bond donors (Lipinski definition) is 0. The van der Waals surface area contributed by atoms with E-state index in [-0.39, 0.29) is 0 Å². The third kappa shape index (κ3) is 1.76. The zero-order valence-corrected chi connectivity index (χ0v) is 9.80. The lowest BCUT2D eigenvalue weighted by atomic mass is 10.0. The van der Waals surface area contributed by atoms with Gasteiger partial charge >= 0.3 is 0 Å². The molecule has 88 valence electrons. The maximum absolute atomic E-state index is 5.27. The van der Waals surface area contributed by atoms with Crippen molar-refractivity contribution in [2.24, 2.45) is 0 Å². The predicted molar refractivity (Wildman–Crippen MR) is 61.4 cm³/mol. The van der Waals surface area contributed by atoms with E-state index in [4.69, 9.17) is 4.74 Å². The average molecular weight is 221 g/mol. The summed E-state index contributed by atoms with van der Waals surface area (Å²) < 4.78 is 7.46. The van der Waals surface area contributed by atoms with Gasteiger partial charge in [-0.1, -0.05) is 0 Å². The fourth-order valence-corrected chi connectivity index (χ4v) is 2.71. The lowest BCUT2D eigenvalue weighted by molar-refractivity contribution is -0.0758. The molecule has 0 saturated carbocycles. The van der Waals surface area contributed by atoms with E-state index in [9.17, 15) is 0 Å². The molecule has 0 N–H and O–H groups in total. The first-order chi connectivity index (χ1) is 7.84. The molecule has 0 amide bonds. The molecule has 0 aromatic carbocycles. The van der Waals surface area contributed by atoms with Crippen LogP contribution in [-0.2, 0) is 4.74 Å². The number of aryl methyl sites for hydroxylation is 1. The van der Waals surface area contributed by atoms with Gasteiger partial charge in [0.1, 0.15) is 0 Å². The largest absolute Gasteiger partial charge is 0.378 e. The number of rotatable bonds is 2. The molecule has 16 heavy (non-hydrogen) atoms. The van der Waals surface area contributed by atoms with E-state index in [0.29, 0.717) is 12.1 Å². The number of aromatic nitrogens is 2. The van der Waals surface area contributed by atoms with Gasteiger partial charge < -0.3 is 4.74 Å². The molecule has 2 aliphatic heterocycles. The highest BCUT2D eigenvalue weighted by molar-refractivity contribution is 4.99. The maximum atomic E-state index is 5.27. The maximum Gasteiger partial charge on any atom is 0.0649 e. The second kappa shape index (κ2) is 4.18. The lowest BCUT2D eigenvalue weighted by Gasteiger charge is -2.42. The minimum Gasteiger partial charge on any atom is -0.378 e. The summed E-state index contributed by atoms with van der Waals surface area (Å²) in [6, 6.07) is 3.31. The quantitative estimate of drug-likeness (QED) is 0.752. The van der Waals surface area contributed by atoms with Gasteiger partial charge in [-0.3, -0.25) is 9.58 Å². The highest BCUT2D eigenvalue weighted by atomic mass is 16.5. The smallest absolute Gasteiger partial charge is 0.0649 e. The van der Waals surface area contributed by atoms with Gasteiger partial charge in [0.2, 0.25) is 0 Å². The molecule has 0 radical (unpaired) electrons. The van der Waals surface area contributed by atoms with Gasteiger partial charge in [0, 0.05) is 18.4 Å². The van der Waals surface area contributed by atoms with E-state index < -0.39 is 0 Å². The van der Waals surface area contributed by atoms with Gasteiger partial charge in [0.05, 0.1) is 25.3 Å². The zero-order chi connectivity index (χ0) is 11.0. The van der Waals surface area contributed by atoms with Gasteiger partial charge in [0.25, 0.3) is 0 Å². The Labute approximate surface area is 96.2 Å². The molecule has 2 saturated heterocycles. The Balaban J connectivity index is 1.69. The van der Waals surface area contributed by atoms with Crippen LogP contribution in [0.4, 0.5) is 0 Å². The molecule has 1 atom stereocenters. The number of nitrogens with zero attached hydrogens (tertiary/aromatic N) is 3. The van der Waals surface area contributed by atoms with E-state index >= 15 is 0 Å². The third-order valence-corrected chi connectivity index (χ3v) is 3.78. The lowest BCUT2D eigenvalue weighted by Crippen LogP contribution is -2.52. The first-order valence-corrected chi connectivity index (χ1v) is 6.16. The van der Waals surface area contributed by atoms with E-state index in [1.807, 2.05) is 6.20 Å². The normalized spacial score (nSPS) is 27.9. The van der Waals surface area contributed by atoms with Crippen molar-refractivity contribution in [1.29, 1.82) is 0 Å². The molecule has 0 aliphatic carbocycles. The molecule has 0 bridgehead atoms. The second-order valence-electron chi connectivity index (χ2n) is 4.90. The van der Waals surface area contributed by atoms with Crippen LogP contribution in [0.2, 0.25) is 0 Å². The average Bonchev–Trinajstić information content (AvgIpc) is 2.62. The molecule has 4 nitrogen and oxygen atoms in total. The Morgan fingerprint density at radius 2 is 2.25 bits per heavy atom. The number of likely N-dealkylation sites (tertiary alicyclic amines) is 1. The first-order valence-electron chi connectivity index (χ1n) is 6.16. The summed E-state index contributed by atoms with van der Waals surface area (Å²) in [6.07, 6.45) is 4.44. The van der Waals surface area contributed by atoms with Crippen molar-refractivity contribution in [3.63, 3.8) is 0 Å². The van der Waals surface area contributed by atoms with Gasteiger partial charge in [-0.15, -0.1) is 0 Å². The van der Waals surface area contributed by atoms with Gasteiger partial charge in [-0.25, -0.2) is 0 Å². The van der Waals surface area contributed by atoms with Crippen molar-refractivity contribution in [1.82, 2.24) is 14.7 Å². The number of hydrogen-bond acceptors (Lipinski definition) is 3. The van der Waals surface area contributed by atoms with Crippen LogP contribution >= 0.6 is 0 Å². The van der Waals surface area contributed by atoms with E-state index in [1.165, 1.54) is 25.1 Å². The van der Waals surface area contributed by atoms with Crippen molar-refractivity contribution < 1.29 is 4.74 Å². The molecule has 4 heteroatoms. The van der Waals surface area contributed by atoms with Crippen LogP contribution < -0.4 is 0 Å². The Morgan fingerprint density at radius 1 is 1.38 bits per heavy atom. The van der Waals surface area contributed by atoms with Crippen molar-refractivity contribution in [2.45, 2.75) is 31.8 Å². The molecule has 2 fully saturated rings. The molecular formula is C12H19N3O. The van der Waals surface area contributed by atoms with Crippen LogP contribution in [0.25, 0.3) is 0 Å². The fourth-order valence-electron chi connectivity index (χ4n) is 2.71. The summed E-state index contributed by atoms with van der Waals surface area (Å²) in [5.74, 6) is 0. The van der Waals surface area contributed by atoms with E-state index in [2.05, 4.69) is 27.7 Å². The SMILES string of the molecule is Cc1ccnn1[C@H]1CCCN(C2COC2)C1. The minimum atomic E-state index is 0.560. The Bertz CT molecular complexity index is 359. The van der Waals surface area contributed by atoms with Crippen LogP contribution in [0.1, 0.15) is 24.6 Å². The van der Waals surface area contributed by atoms with E-state index in [1.54, 1.807) is 0 Å². The Kier molecular flexibility index (Phi) is 2.69. The molecule has 2 aliphatic rings. The topological polar surface area (TPSA) is 30.3 Å². The highest BCUT2D eigenvalue weighted by Gasteiger charge is 2.31. The van der Waals surface area contributed by atoms with Crippen molar-refractivity contribution >= 4 is 0 Å². The summed E-state index contributed by atoms with van der Waals surface area (Å²) in [4.78, 5) is 2.57. The third-order valence-electron chi connectivity index (χ3n) is 3.78. The summed E-state index contributed by atoms with van der Waals surface area (Å²) >= 11 is 0. The molecule has 0 unspecified atom stereocenters. The Morgan fingerprint density at radius 3 is 2.88 bits per heavy atom. The highest BCUT2D eigenvalue weighted by Crippen LogP contribution is 2.25. The van der Waals surface area contributed by atoms with Crippen molar-refractivity contribution in [2.75, 3.05) is 26.3 Å². The van der Waals surface area contributed by atoms with Crippen molar-refractivity contribution in [3.8, 4) is 0 Å². The van der Waals surface area contributed by atoms with Crippen LogP contribution in [0, 0.1) is 6.92 Å². The van der Waals surface area contributed by atoms with Crippen LogP contribution in [-0.4, -0.2) is 47.0 Å². The molecule has 1 aromatic heterocycles. The molecule has 1 aromatic rings. The summed E-state index contributed by atoms with van der Waals surface area (Å²) in [7, 11) is 0. The minimum absolute atomic E-state index is 0.560. The molecular weight excluding hydrogens is 202 g/mol. The Hall–Kier alpha value is -0.870. The predicted octanol–water partition coefficient (Wildman–Crippen LogP) is 1.23. The van der Waals surface area contributed by atoms with Crippen LogP contribution in [0.3, 0.4) is 0 Å². The molecule has 0 spiro atoms. The zero-order valence-electron chi connectivity index (χ0n) is 9.80.